The average molecular weight is 252 g/mol. The molecule has 1 atom stereocenters. The van der Waals surface area contributed by atoms with Gasteiger partial charge < -0.3 is 10.2 Å². The SMILES string of the molecule is O=C(O)[C@@H](O)CNS(=O)(=O)N1CCCCC1. The molecular formula is C8H16N2O5S. The lowest BCUT2D eigenvalue weighted by Gasteiger charge is -2.26. The molecule has 7 nitrogen and oxygen atoms in total. The Morgan fingerprint density at radius 2 is 1.88 bits per heavy atom. The number of aliphatic carboxylic acids is 1. The van der Waals surface area contributed by atoms with Crippen molar-refractivity contribution in [3.8, 4) is 0 Å². The van der Waals surface area contributed by atoms with Crippen molar-refractivity contribution < 1.29 is 23.4 Å². The molecule has 0 unspecified atom stereocenters. The van der Waals surface area contributed by atoms with Gasteiger partial charge in [0.25, 0.3) is 10.2 Å². The Kier molecular flexibility index (Phi) is 4.66. The highest BCUT2D eigenvalue weighted by Gasteiger charge is 2.25. The second-order valence-electron chi connectivity index (χ2n) is 3.67. The van der Waals surface area contributed by atoms with E-state index < -0.39 is 28.8 Å². The summed E-state index contributed by atoms with van der Waals surface area (Å²) < 4.78 is 26.6. The van der Waals surface area contributed by atoms with Crippen LogP contribution in [0.2, 0.25) is 0 Å². The van der Waals surface area contributed by atoms with Gasteiger partial charge in [-0.15, -0.1) is 0 Å². The monoisotopic (exact) mass is 252 g/mol. The molecule has 1 saturated heterocycles. The lowest BCUT2D eigenvalue weighted by Crippen LogP contribution is -2.46. The van der Waals surface area contributed by atoms with E-state index in [0.29, 0.717) is 13.1 Å². The highest BCUT2D eigenvalue weighted by atomic mass is 32.2. The minimum absolute atomic E-state index is 0.443. The first kappa shape index (κ1) is 13.4. The van der Waals surface area contributed by atoms with Crippen LogP contribution in [0.15, 0.2) is 0 Å². The van der Waals surface area contributed by atoms with Gasteiger partial charge in [0.15, 0.2) is 6.10 Å². The summed E-state index contributed by atoms with van der Waals surface area (Å²) in [4.78, 5) is 10.3. The largest absolute Gasteiger partial charge is 0.479 e. The van der Waals surface area contributed by atoms with Crippen LogP contribution in [0.5, 0.6) is 0 Å². The first-order valence-electron chi connectivity index (χ1n) is 5.09. The van der Waals surface area contributed by atoms with Crippen molar-refractivity contribution >= 4 is 16.2 Å². The van der Waals surface area contributed by atoms with Crippen LogP contribution in [0.3, 0.4) is 0 Å². The molecule has 0 aliphatic carbocycles. The van der Waals surface area contributed by atoms with Crippen molar-refractivity contribution in [1.29, 1.82) is 0 Å². The molecule has 0 amide bonds. The number of carboxylic acids is 1. The van der Waals surface area contributed by atoms with E-state index in [-0.39, 0.29) is 0 Å². The molecule has 1 rings (SSSR count). The number of carbonyl (C=O) groups is 1. The number of aliphatic hydroxyl groups is 1. The number of nitrogens with one attached hydrogen (secondary N) is 1. The summed E-state index contributed by atoms with van der Waals surface area (Å²) in [5.74, 6) is -1.44. The lowest BCUT2D eigenvalue weighted by atomic mass is 10.2. The van der Waals surface area contributed by atoms with Gasteiger partial charge in [0.2, 0.25) is 0 Å². The second kappa shape index (κ2) is 5.58. The second-order valence-corrected chi connectivity index (χ2v) is 5.42. The first-order chi connectivity index (χ1) is 7.43. The predicted octanol–water partition coefficient (Wildman–Crippen LogP) is -1.25. The van der Waals surface area contributed by atoms with Crippen LogP contribution in [0.4, 0.5) is 0 Å². The molecule has 0 spiro atoms. The molecule has 0 aromatic heterocycles. The molecule has 16 heavy (non-hydrogen) atoms. The third-order valence-electron chi connectivity index (χ3n) is 2.40. The van der Waals surface area contributed by atoms with Gasteiger partial charge in [0.1, 0.15) is 0 Å². The number of hydrogen-bond acceptors (Lipinski definition) is 4. The zero-order valence-electron chi connectivity index (χ0n) is 8.79. The van der Waals surface area contributed by atoms with E-state index in [9.17, 15) is 13.2 Å². The van der Waals surface area contributed by atoms with Crippen molar-refractivity contribution in [3.63, 3.8) is 0 Å². The van der Waals surface area contributed by atoms with Crippen molar-refractivity contribution in [2.75, 3.05) is 19.6 Å². The Labute approximate surface area is 94.2 Å². The van der Waals surface area contributed by atoms with Gasteiger partial charge in [0, 0.05) is 19.6 Å². The summed E-state index contributed by atoms with van der Waals surface area (Å²) in [6, 6.07) is 0. The summed E-state index contributed by atoms with van der Waals surface area (Å²) in [5, 5.41) is 17.3. The number of aliphatic hydroxyl groups excluding tert-OH is 1. The fourth-order valence-corrected chi connectivity index (χ4v) is 2.76. The summed E-state index contributed by atoms with van der Waals surface area (Å²) in [7, 11) is -3.65. The molecule has 1 aliphatic rings. The van der Waals surface area contributed by atoms with Gasteiger partial charge in [-0.3, -0.25) is 0 Å². The summed E-state index contributed by atoms with van der Waals surface area (Å²) in [6.45, 7) is 0.380. The number of hydrogen-bond donors (Lipinski definition) is 3. The summed E-state index contributed by atoms with van der Waals surface area (Å²) in [6.07, 6.45) is 0.911. The maximum Gasteiger partial charge on any atom is 0.333 e. The van der Waals surface area contributed by atoms with Gasteiger partial charge in [-0.2, -0.15) is 17.4 Å². The maximum absolute atomic E-state index is 11.6. The molecule has 1 fully saturated rings. The molecule has 8 heteroatoms. The van der Waals surface area contributed by atoms with Crippen LogP contribution in [-0.4, -0.2) is 54.6 Å². The van der Waals surface area contributed by atoms with Gasteiger partial charge >= 0.3 is 5.97 Å². The molecule has 0 saturated carbocycles. The van der Waals surface area contributed by atoms with Crippen LogP contribution in [0, 0.1) is 0 Å². The molecule has 94 valence electrons. The van der Waals surface area contributed by atoms with Crippen LogP contribution < -0.4 is 4.72 Å². The van der Waals surface area contributed by atoms with Crippen LogP contribution >= 0.6 is 0 Å². The quantitative estimate of drug-likeness (QED) is 0.567. The van der Waals surface area contributed by atoms with E-state index in [2.05, 4.69) is 4.72 Å². The van der Waals surface area contributed by atoms with Crippen LogP contribution in [0.25, 0.3) is 0 Å². The minimum Gasteiger partial charge on any atom is -0.479 e. The molecule has 0 radical (unpaired) electrons. The van der Waals surface area contributed by atoms with Gasteiger partial charge in [-0.25, -0.2) is 4.79 Å². The highest BCUT2D eigenvalue weighted by Crippen LogP contribution is 2.11. The van der Waals surface area contributed by atoms with Crippen molar-refractivity contribution in [3.05, 3.63) is 0 Å². The van der Waals surface area contributed by atoms with Crippen molar-refractivity contribution in [2.24, 2.45) is 0 Å². The Morgan fingerprint density at radius 3 is 2.38 bits per heavy atom. The highest BCUT2D eigenvalue weighted by molar-refractivity contribution is 7.87. The number of carboxylic acid groups (broad SMARTS) is 1. The Balaban J connectivity index is 2.47. The zero-order chi connectivity index (χ0) is 12.2. The lowest BCUT2D eigenvalue weighted by molar-refractivity contribution is -0.146. The third kappa shape index (κ3) is 3.71. The number of nitrogens with zero attached hydrogens (tertiary/aromatic N) is 1. The van der Waals surface area contributed by atoms with E-state index in [1.807, 2.05) is 0 Å². The van der Waals surface area contributed by atoms with E-state index in [4.69, 9.17) is 10.2 Å². The zero-order valence-corrected chi connectivity index (χ0v) is 9.61. The Bertz CT molecular complexity index is 336. The molecule has 0 aromatic carbocycles. The normalized spacial score (nSPS) is 20.6. The van der Waals surface area contributed by atoms with Gasteiger partial charge in [-0.05, 0) is 12.8 Å². The van der Waals surface area contributed by atoms with Crippen LogP contribution in [0.1, 0.15) is 19.3 Å². The fraction of sp³-hybridized carbons (Fsp3) is 0.875. The average Bonchev–Trinajstić information content (AvgIpc) is 2.27. The topological polar surface area (TPSA) is 107 Å². The van der Waals surface area contributed by atoms with Gasteiger partial charge in [-0.1, -0.05) is 6.42 Å². The van der Waals surface area contributed by atoms with Crippen molar-refractivity contribution in [1.82, 2.24) is 9.03 Å². The first-order valence-corrected chi connectivity index (χ1v) is 6.53. The molecule has 0 bridgehead atoms. The van der Waals surface area contributed by atoms with E-state index in [1.54, 1.807) is 0 Å². The van der Waals surface area contributed by atoms with E-state index in [0.717, 1.165) is 19.3 Å². The molecule has 1 heterocycles. The van der Waals surface area contributed by atoms with Crippen molar-refractivity contribution in [2.45, 2.75) is 25.4 Å². The maximum atomic E-state index is 11.6. The number of piperidine rings is 1. The van der Waals surface area contributed by atoms with E-state index >= 15 is 0 Å². The van der Waals surface area contributed by atoms with Gasteiger partial charge in [0.05, 0.1) is 0 Å². The Hall–Kier alpha value is -0.700. The molecule has 3 N–H and O–H groups in total. The number of rotatable bonds is 5. The minimum atomic E-state index is -3.65. The predicted molar refractivity (Wildman–Crippen MR) is 56.0 cm³/mol. The summed E-state index contributed by atoms with van der Waals surface area (Å²) in [5.41, 5.74) is 0. The van der Waals surface area contributed by atoms with Crippen LogP contribution in [-0.2, 0) is 15.0 Å². The molecule has 0 aromatic rings. The molecular weight excluding hydrogens is 236 g/mol. The third-order valence-corrected chi connectivity index (χ3v) is 3.98. The standard InChI is InChI=1S/C8H16N2O5S/c11-7(8(12)13)6-9-16(14,15)10-4-2-1-3-5-10/h7,9,11H,1-6H2,(H,12,13)/t7-/m0/s1. The smallest absolute Gasteiger partial charge is 0.333 e. The summed E-state index contributed by atoms with van der Waals surface area (Å²) >= 11 is 0. The molecule has 1 aliphatic heterocycles. The van der Waals surface area contributed by atoms with E-state index in [1.165, 1.54) is 4.31 Å². The fourth-order valence-electron chi connectivity index (χ4n) is 1.47. The Morgan fingerprint density at radius 1 is 1.31 bits per heavy atom.